The number of hydrogen-bond acceptors (Lipinski definition) is 3. The van der Waals surface area contributed by atoms with Crippen LogP contribution in [0, 0.1) is 5.92 Å². The molecule has 0 amide bonds. The van der Waals surface area contributed by atoms with Crippen molar-refractivity contribution in [3.63, 3.8) is 0 Å². The summed E-state index contributed by atoms with van der Waals surface area (Å²) in [4.78, 5) is 0. The van der Waals surface area contributed by atoms with E-state index in [9.17, 15) is 0 Å². The minimum atomic E-state index is 0.413. The molecule has 0 bridgehead atoms. The van der Waals surface area contributed by atoms with Gasteiger partial charge in [-0.25, -0.2) is 0 Å². The summed E-state index contributed by atoms with van der Waals surface area (Å²) in [7, 11) is 1.73. The zero-order valence-corrected chi connectivity index (χ0v) is 13.7. The maximum atomic E-state index is 6.14. The lowest BCUT2D eigenvalue weighted by molar-refractivity contribution is 0.00392. The minimum absolute atomic E-state index is 0.413. The van der Waals surface area contributed by atoms with Crippen LogP contribution in [0.2, 0.25) is 0 Å². The molecule has 1 aromatic carbocycles. The SMILES string of the molecule is CCNCc1ccc(OC)c(COC2CCCC(C)C2)c1. The van der Waals surface area contributed by atoms with Crippen LogP contribution in [0.5, 0.6) is 5.75 Å². The van der Waals surface area contributed by atoms with Crippen LogP contribution in [0.4, 0.5) is 0 Å². The Morgan fingerprint density at radius 3 is 2.86 bits per heavy atom. The zero-order chi connectivity index (χ0) is 15.1. The predicted molar refractivity (Wildman–Crippen MR) is 86.6 cm³/mol. The normalized spacial score (nSPS) is 22.2. The summed E-state index contributed by atoms with van der Waals surface area (Å²) in [5, 5.41) is 3.36. The first-order valence-electron chi connectivity index (χ1n) is 8.21. The van der Waals surface area contributed by atoms with Gasteiger partial charge in [-0.15, -0.1) is 0 Å². The first kappa shape index (κ1) is 16.3. The smallest absolute Gasteiger partial charge is 0.124 e. The van der Waals surface area contributed by atoms with Crippen molar-refractivity contribution < 1.29 is 9.47 Å². The molecular weight excluding hydrogens is 262 g/mol. The first-order valence-corrected chi connectivity index (χ1v) is 8.21. The van der Waals surface area contributed by atoms with Crippen molar-refractivity contribution >= 4 is 0 Å². The van der Waals surface area contributed by atoms with Crippen molar-refractivity contribution in [3.05, 3.63) is 29.3 Å². The summed E-state index contributed by atoms with van der Waals surface area (Å²) in [6.07, 6.45) is 5.45. The second kappa shape index (κ2) is 8.40. The number of hydrogen-bond donors (Lipinski definition) is 1. The molecule has 0 aromatic heterocycles. The Bertz CT molecular complexity index is 433. The Balaban J connectivity index is 1.96. The summed E-state index contributed by atoms with van der Waals surface area (Å²) in [5.74, 6) is 1.73. The summed E-state index contributed by atoms with van der Waals surface area (Å²) >= 11 is 0. The maximum Gasteiger partial charge on any atom is 0.124 e. The molecule has 1 aliphatic carbocycles. The highest BCUT2D eigenvalue weighted by Gasteiger charge is 2.19. The van der Waals surface area contributed by atoms with E-state index in [2.05, 4.69) is 37.4 Å². The average Bonchev–Trinajstić information content (AvgIpc) is 2.51. The maximum absolute atomic E-state index is 6.14. The van der Waals surface area contributed by atoms with Crippen molar-refractivity contribution in [2.45, 2.75) is 58.8 Å². The van der Waals surface area contributed by atoms with Crippen molar-refractivity contribution in [2.24, 2.45) is 5.92 Å². The van der Waals surface area contributed by atoms with Crippen molar-refractivity contribution in [3.8, 4) is 5.75 Å². The molecule has 0 radical (unpaired) electrons. The summed E-state index contributed by atoms with van der Waals surface area (Å²) in [6, 6.07) is 6.37. The molecule has 1 aliphatic rings. The summed E-state index contributed by atoms with van der Waals surface area (Å²) in [6.45, 7) is 6.98. The largest absolute Gasteiger partial charge is 0.496 e. The van der Waals surface area contributed by atoms with Gasteiger partial charge in [-0.3, -0.25) is 0 Å². The van der Waals surface area contributed by atoms with Crippen LogP contribution in [0.25, 0.3) is 0 Å². The van der Waals surface area contributed by atoms with Gasteiger partial charge in [-0.2, -0.15) is 0 Å². The topological polar surface area (TPSA) is 30.5 Å². The predicted octanol–water partition coefficient (Wildman–Crippen LogP) is 3.90. The Kier molecular flexibility index (Phi) is 6.52. The van der Waals surface area contributed by atoms with E-state index in [4.69, 9.17) is 9.47 Å². The highest BCUT2D eigenvalue weighted by molar-refractivity contribution is 5.36. The molecule has 2 atom stereocenters. The molecule has 1 N–H and O–H groups in total. The highest BCUT2D eigenvalue weighted by Crippen LogP contribution is 2.28. The van der Waals surface area contributed by atoms with E-state index in [1.165, 1.54) is 31.2 Å². The summed E-state index contributed by atoms with van der Waals surface area (Å²) in [5.41, 5.74) is 2.44. The number of methoxy groups -OCH3 is 1. The standard InChI is InChI=1S/C18H29NO2/c1-4-19-12-15-8-9-18(20-3)16(11-15)13-21-17-7-5-6-14(2)10-17/h8-9,11,14,17,19H,4-7,10,12-13H2,1-3H3. The third kappa shape index (κ3) is 5.01. The number of rotatable bonds is 7. The number of nitrogens with one attached hydrogen (secondary N) is 1. The van der Waals surface area contributed by atoms with E-state index in [0.717, 1.165) is 30.3 Å². The van der Waals surface area contributed by atoms with Crippen LogP contribution < -0.4 is 10.1 Å². The molecule has 3 heteroatoms. The van der Waals surface area contributed by atoms with Crippen LogP contribution in [0.15, 0.2) is 18.2 Å². The van der Waals surface area contributed by atoms with Gasteiger partial charge in [0.2, 0.25) is 0 Å². The van der Waals surface area contributed by atoms with Gasteiger partial charge < -0.3 is 14.8 Å². The molecule has 21 heavy (non-hydrogen) atoms. The molecule has 0 aliphatic heterocycles. The molecule has 0 saturated heterocycles. The molecule has 1 saturated carbocycles. The molecule has 1 aromatic rings. The van der Waals surface area contributed by atoms with Crippen molar-refractivity contribution in [1.29, 1.82) is 0 Å². The first-order chi connectivity index (χ1) is 10.2. The second-order valence-electron chi connectivity index (χ2n) is 6.13. The van der Waals surface area contributed by atoms with E-state index < -0.39 is 0 Å². The molecule has 0 spiro atoms. The van der Waals surface area contributed by atoms with Gasteiger partial charge in [-0.1, -0.05) is 32.8 Å². The average molecular weight is 291 g/mol. The quantitative estimate of drug-likeness (QED) is 0.826. The highest BCUT2D eigenvalue weighted by atomic mass is 16.5. The number of ether oxygens (including phenoxy) is 2. The number of benzene rings is 1. The van der Waals surface area contributed by atoms with Gasteiger partial charge in [0.05, 0.1) is 19.8 Å². The fourth-order valence-corrected chi connectivity index (χ4v) is 3.06. The van der Waals surface area contributed by atoms with E-state index in [-0.39, 0.29) is 0 Å². The van der Waals surface area contributed by atoms with Gasteiger partial charge in [0.15, 0.2) is 0 Å². The Labute approximate surface area is 129 Å². The third-order valence-electron chi connectivity index (χ3n) is 4.29. The van der Waals surface area contributed by atoms with Crippen LogP contribution >= 0.6 is 0 Å². The third-order valence-corrected chi connectivity index (χ3v) is 4.29. The molecule has 118 valence electrons. The molecule has 3 nitrogen and oxygen atoms in total. The second-order valence-corrected chi connectivity index (χ2v) is 6.13. The fourth-order valence-electron chi connectivity index (χ4n) is 3.06. The van der Waals surface area contributed by atoms with E-state index in [0.29, 0.717) is 12.7 Å². The van der Waals surface area contributed by atoms with Gasteiger partial charge >= 0.3 is 0 Å². The minimum Gasteiger partial charge on any atom is -0.496 e. The Hall–Kier alpha value is -1.06. The lowest BCUT2D eigenvalue weighted by atomic mass is 9.89. The molecular formula is C18H29NO2. The monoisotopic (exact) mass is 291 g/mol. The Morgan fingerprint density at radius 1 is 1.29 bits per heavy atom. The van der Waals surface area contributed by atoms with Gasteiger partial charge in [0.1, 0.15) is 5.75 Å². The summed E-state index contributed by atoms with van der Waals surface area (Å²) < 4.78 is 11.6. The molecule has 2 rings (SSSR count). The van der Waals surface area contributed by atoms with Gasteiger partial charge in [0, 0.05) is 12.1 Å². The van der Waals surface area contributed by atoms with E-state index in [1.54, 1.807) is 7.11 Å². The van der Waals surface area contributed by atoms with Crippen molar-refractivity contribution in [2.75, 3.05) is 13.7 Å². The Morgan fingerprint density at radius 2 is 2.14 bits per heavy atom. The molecule has 0 heterocycles. The van der Waals surface area contributed by atoms with E-state index >= 15 is 0 Å². The van der Waals surface area contributed by atoms with Crippen LogP contribution in [-0.2, 0) is 17.9 Å². The van der Waals surface area contributed by atoms with Gasteiger partial charge in [0.25, 0.3) is 0 Å². The van der Waals surface area contributed by atoms with Crippen LogP contribution in [-0.4, -0.2) is 19.8 Å². The van der Waals surface area contributed by atoms with E-state index in [1.807, 2.05) is 0 Å². The van der Waals surface area contributed by atoms with Crippen LogP contribution in [0.3, 0.4) is 0 Å². The lowest BCUT2D eigenvalue weighted by Gasteiger charge is -2.27. The lowest BCUT2D eigenvalue weighted by Crippen LogP contribution is -2.21. The fraction of sp³-hybridized carbons (Fsp3) is 0.667. The van der Waals surface area contributed by atoms with Gasteiger partial charge in [-0.05, 0) is 43.0 Å². The molecule has 1 fully saturated rings. The van der Waals surface area contributed by atoms with Crippen molar-refractivity contribution in [1.82, 2.24) is 5.32 Å². The molecule has 2 unspecified atom stereocenters. The zero-order valence-electron chi connectivity index (χ0n) is 13.7. The van der Waals surface area contributed by atoms with Crippen LogP contribution in [0.1, 0.15) is 50.7 Å².